The summed E-state index contributed by atoms with van der Waals surface area (Å²) in [5.41, 5.74) is 2.41. The molecule has 2 N–H and O–H groups in total. The van der Waals surface area contributed by atoms with Gasteiger partial charge in [-0.15, -0.1) is 0 Å². The minimum absolute atomic E-state index is 0.0205. The molecule has 0 bridgehead atoms. The third-order valence-corrected chi connectivity index (χ3v) is 8.61. The van der Waals surface area contributed by atoms with Crippen LogP contribution in [0.5, 0.6) is 0 Å². The molecule has 3 aromatic rings. The van der Waals surface area contributed by atoms with Gasteiger partial charge in [0.2, 0.25) is 5.91 Å². The van der Waals surface area contributed by atoms with Crippen LogP contribution in [0.25, 0.3) is 5.78 Å². The molecular weight excluding hydrogens is 551 g/mol. The number of aryl methyl sites for hydroxylation is 1. The van der Waals surface area contributed by atoms with Gasteiger partial charge < -0.3 is 15.4 Å². The van der Waals surface area contributed by atoms with Crippen molar-refractivity contribution < 1.29 is 18.7 Å². The van der Waals surface area contributed by atoms with E-state index in [1.807, 2.05) is 6.20 Å². The van der Waals surface area contributed by atoms with Crippen molar-refractivity contribution in [1.29, 1.82) is 0 Å². The highest BCUT2D eigenvalue weighted by molar-refractivity contribution is 5.92. The Hall–Kier alpha value is -3.41. The van der Waals surface area contributed by atoms with E-state index in [-0.39, 0.29) is 41.8 Å². The van der Waals surface area contributed by atoms with E-state index in [9.17, 15) is 14.0 Å². The van der Waals surface area contributed by atoms with Gasteiger partial charge in [-0.25, -0.2) is 18.9 Å². The van der Waals surface area contributed by atoms with Crippen LogP contribution >= 0.6 is 0 Å². The van der Waals surface area contributed by atoms with Gasteiger partial charge in [0.25, 0.3) is 11.7 Å². The number of unbranched alkanes of at least 4 members (excludes halogenated alkanes) is 3. The zero-order valence-corrected chi connectivity index (χ0v) is 25.6. The number of alkyl halides is 1. The standard InChI is InChI=1S/C31H45FN8O3/c1-4-5-6-7-10-23(35-29(42)26-11-15-34-39(26)16-13-32)25-20-40-30(36-25)37-27(22-12-17-43-31(2,3)19-22)24(38-40)18-21-9-8-14-33-28(21)41/h11,15,20-23H,4-10,12-14,16-19H2,1-3H3,(H,33,41)(H,35,42). The summed E-state index contributed by atoms with van der Waals surface area (Å²) in [6, 6.07) is 1.22. The molecule has 0 saturated carbocycles. The highest BCUT2D eigenvalue weighted by atomic mass is 19.1. The first-order chi connectivity index (χ1) is 20.8. The highest BCUT2D eigenvalue weighted by Crippen LogP contribution is 2.37. The van der Waals surface area contributed by atoms with Crippen molar-refractivity contribution in [1.82, 2.24) is 40.0 Å². The summed E-state index contributed by atoms with van der Waals surface area (Å²) in [6.07, 6.45) is 12.2. The van der Waals surface area contributed by atoms with E-state index < -0.39 is 6.67 Å². The van der Waals surface area contributed by atoms with Crippen molar-refractivity contribution in [2.24, 2.45) is 5.92 Å². The van der Waals surface area contributed by atoms with Crippen LogP contribution in [0.15, 0.2) is 18.5 Å². The third kappa shape index (κ3) is 7.57. The van der Waals surface area contributed by atoms with E-state index in [1.165, 1.54) is 10.9 Å². The lowest BCUT2D eigenvalue weighted by atomic mass is 9.83. The first-order valence-electron chi connectivity index (χ1n) is 15.8. The average Bonchev–Trinajstić information content (AvgIpc) is 3.62. The van der Waals surface area contributed by atoms with Gasteiger partial charge in [-0.05, 0) is 52.0 Å². The molecule has 0 aromatic carbocycles. The molecule has 0 radical (unpaired) electrons. The molecule has 3 atom stereocenters. The molecule has 2 aliphatic heterocycles. The van der Waals surface area contributed by atoms with Crippen molar-refractivity contribution in [3.05, 3.63) is 41.2 Å². The lowest BCUT2D eigenvalue weighted by molar-refractivity contribution is -0.126. The van der Waals surface area contributed by atoms with Gasteiger partial charge >= 0.3 is 0 Å². The Balaban J connectivity index is 1.48. The van der Waals surface area contributed by atoms with E-state index in [0.717, 1.165) is 62.8 Å². The summed E-state index contributed by atoms with van der Waals surface area (Å²) in [4.78, 5) is 36.0. The molecule has 2 fully saturated rings. The second-order valence-corrected chi connectivity index (χ2v) is 12.5. The number of hydrogen-bond donors (Lipinski definition) is 2. The normalized spacial score (nSPS) is 21.1. The summed E-state index contributed by atoms with van der Waals surface area (Å²) < 4.78 is 22.1. The molecule has 2 aliphatic rings. The van der Waals surface area contributed by atoms with Gasteiger partial charge in [0.05, 0.1) is 41.5 Å². The van der Waals surface area contributed by atoms with E-state index >= 15 is 0 Å². The maximum atomic E-state index is 13.3. The Morgan fingerprint density at radius 2 is 2.12 bits per heavy atom. The number of carbonyl (C=O) groups is 2. The summed E-state index contributed by atoms with van der Waals surface area (Å²) in [5.74, 6) is 0.220. The molecule has 43 heavy (non-hydrogen) atoms. The molecule has 11 nitrogen and oxygen atoms in total. The van der Waals surface area contributed by atoms with Crippen molar-refractivity contribution in [3.8, 4) is 0 Å². The molecule has 5 heterocycles. The minimum Gasteiger partial charge on any atom is -0.376 e. The Bertz CT molecular complexity index is 1400. The molecule has 3 aromatic heterocycles. The van der Waals surface area contributed by atoms with E-state index in [0.29, 0.717) is 43.2 Å². The second-order valence-electron chi connectivity index (χ2n) is 12.5. The molecule has 5 rings (SSSR count). The number of fused-ring (bicyclic) bond motifs is 1. The van der Waals surface area contributed by atoms with Gasteiger partial charge in [0.15, 0.2) is 0 Å². The van der Waals surface area contributed by atoms with Crippen molar-refractivity contribution in [2.45, 2.75) is 109 Å². The van der Waals surface area contributed by atoms with Gasteiger partial charge in [-0.3, -0.25) is 14.3 Å². The molecule has 0 spiro atoms. The third-order valence-electron chi connectivity index (χ3n) is 8.61. The maximum Gasteiger partial charge on any atom is 0.270 e. The highest BCUT2D eigenvalue weighted by Gasteiger charge is 2.34. The fourth-order valence-electron chi connectivity index (χ4n) is 6.34. The number of nitrogens with zero attached hydrogens (tertiary/aromatic N) is 6. The number of ether oxygens (including phenoxy) is 1. The largest absolute Gasteiger partial charge is 0.376 e. The first-order valence-corrected chi connectivity index (χ1v) is 15.8. The number of amides is 2. The minimum atomic E-state index is -0.607. The summed E-state index contributed by atoms with van der Waals surface area (Å²) >= 11 is 0. The molecule has 234 valence electrons. The molecule has 12 heteroatoms. The predicted molar refractivity (Wildman–Crippen MR) is 159 cm³/mol. The Morgan fingerprint density at radius 3 is 2.88 bits per heavy atom. The zero-order valence-electron chi connectivity index (χ0n) is 25.6. The molecule has 2 saturated heterocycles. The number of hydrogen-bond acceptors (Lipinski definition) is 7. The van der Waals surface area contributed by atoms with Crippen LogP contribution in [-0.4, -0.2) is 66.6 Å². The molecule has 3 unspecified atom stereocenters. The van der Waals surface area contributed by atoms with Gasteiger partial charge in [0.1, 0.15) is 12.4 Å². The first kappa shape index (κ1) is 31.0. The summed E-state index contributed by atoms with van der Waals surface area (Å²) in [6.45, 7) is 7.12. The number of carbonyl (C=O) groups excluding carboxylic acids is 2. The van der Waals surface area contributed by atoms with E-state index in [2.05, 4.69) is 36.5 Å². The number of rotatable bonds is 13. The zero-order chi connectivity index (χ0) is 30.4. The predicted octanol–water partition coefficient (Wildman–Crippen LogP) is 4.47. The number of aromatic nitrogens is 6. The van der Waals surface area contributed by atoms with E-state index in [1.54, 1.807) is 10.6 Å². The quantitative estimate of drug-likeness (QED) is 0.279. The topological polar surface area (TPSA) is 128 Å². The fraction of sp³-hybridized carbons (Fsp3) is 0.677. The van der Waals surface area contributed by atoms with Crippen LogP contribution < -0.4 is 10.6 Å². The van der Waals surface area contributed by atoms with Gasteiger partial charge in [-0.1, -0.05) is 32.6 Å². The van der Waals surface area contributed by atoms with Crippen LogP contribution in [0, 0.1) is 5.92 Å². The number of halogens is 1. The molecular formula is C31H45FN8O3. The monoisotopic (exact) mass is 596 g/mol. The van der Waals surface area contributed by atoms with Crippen LogP contribution in [-0.2, 0) is 22.5 Å². The molecule has 2 amide bonds. The maximum absolute atomic E-state index is 13.3. The Morgan fingerprint density at radius 1 is 1.26 bits per heavy atom. The Labute approximate surface area is 252 Å². The van der Waals surface area contributed by atoms with E-state index in [4.69, 9.17) is 19.8 Å². The second kappa shape index (κ2) is 13.9. The van der Waals surface area contributed by atoms with Crippen LogP contribution in [0.1, 0.15) is 118 Å². The van der Waals surface area contributed by atoms with Gasteiger partial charge in [-0.2, -0.15) is 10.2 Å². The van der Waals surface area contributed by atoms with Crippen molar-refractivity contribution in [2.75, 3.05) is 19.8 Å². The van der Waals surface area contributed by atoms with Crippen molar-refractivity contribution >= 4 is 17.6 Å². The number of nitrogens with one attached hydrogen (secondary N) is 2. The van der Waals surface area contributed by atoms with Gasteiger partial charge in [0, 0.05) is 37.6 Å². The average molecular weight is 597 g/mol. The Kier molecular flexibility index (Phi) is 10.0. The smallest absolute Gasteiger partial charge is 0.270 e. The number of piperidine rings is 1. The molecule has 0 aliphatic carbocycles. The van der Waals surface area contributed by atoms with Crippen molar-refractivity contribution in [3.63, 3.8) is 0 Å². The SMILES string of the molecule is CCCCCCC(NC(=O)c1ccnn1CCF)c1cn2nc(CC3CCCNC3=O)c(C3CCOC(C)(C)C3)nc2n1. The van der Waals surface area contributed by atoms with Crippen LogP contribution in [0.4, 0.5) is 4.39 Å². The summed E-state index contributed by atoms with van der Waals surface area (Å²) in [5, 5.41) is 15.2. The lowest BCUT2D eigenvalue weighted by Gasteiger charge is -2.35. The van der Waals surface area contributed by atoms with Crippen LogP contribution in [0.2, 0.25) is 0 Å². The lowest BCUT2D eigenvalue weighted by Crippen LogP contribution is -2.38. The van der Waals surface area contributed by atoms with Crippen LogP contribution in [0.3, 0.4) is 0 Å². The fourth-order valence-corrected chi connectivity index (χ4v) is 6.34. The summed E-state index contributed by atoms with van der Waals surface area (Å²) in [7, 11) is 0. The number of imidazole rings is 1.